The Morgan fingerprint density at radius 1 is 1.02 bits per heavy atom. The van der Waals surface area contributed by atoms with Crippen LogP contribution in [0.5, 0.6) is 11.5 Å². The number of alkyl halides is 6. The fraction of sp³-hybridized carbons (Fsp3) is 0.226. The number of halogens is 8. The van der Waals surface area contributed by atoms with Gasteiger partial charge in [0.2, 0.25) is 0 Å². The maximum Gasteiger partial charge on any atom is 0.435 e. The second kappa shape index (κ2) is 15.0. The molecule has 0 amide bonds. The molecule has 7 nitrogen and oxygen atoms in total. The van der Waals surface area contributed by atoms with Gasteiger partial charge in [-0.1, -0.05) is 41.4 Å². The first-order valence-corrected chi connectivity index (χ1v) is 15.2. The molecule has 0 saturated heterocycles. The van der Waals surface area contributed by atoms with E-state index < -0.39 is 53.1 Å². The fourth-order valence-corrected chi connectivity index (χ4v) is 5.22. The van der Waals surface area contributed by atoms with Gasteiger partial charge in [-0.05, 0) is 59.0 Å². The number of aliphatic hydroxyl groups excluding tert-OH is 2. The topological polar surface area (TPSA) is 93.8 Å². The van der Waals surface area contributed by atoms with Crippen LogP contribution in [0.15, 0.2) is 72.1 Å². The first-order chi connectivity index (χ1) is 22.1. The van der Waals surface area contributed by atoms with E-state index in [1.54, 1.807) is 24.3 Å². The number of aryl methyl sites for hydroxylation is 1. The van der Waals surface area contributed by atoms with Gasteiger partial charge in [0.1, 0.15) is 12.4 Å². The van der Waals surface area contributed by atoms with Gasteiger partial charge >= 0.3 is 18.3 Å². The van der Waals surface area contributed by atoms with Gasteiger partial charge in [-0.15, -0.1) is 11.8 Å². The Balaban J connectivity index is 1.93. The lowest BCUT2D eigenvalue weighted by atomic mass is 9.96. The molecule has 16 heteroatoms. The maximum atomic E-state index is 13.9. The molecular weight excluding hydrogens is 697 g/mol. The average Bonchev–Trinajstić information content (AvgIpc) is 3.40. The van der Waals surface area contributed by atoms with Crippen molar-refractivity contribution >= 4 is 40.9 Å². The van der Waals surface area contributed by atoms with Gasteiger partial charge in [0, 0.05) is 29.5 Å². The molecule has 0 spiro atoms. The van der Waals surface area contributed by atoms with E-state index in [9.17, 15) is 36.2 Å². The zero-order chi connectivity index (χ0) is 34.5. The van der Waals surface area contributed by atoms with Gasteiger partial charge in [-0.25, -0.2) is 4.79 Å². The Kier molecular flexibility index (Phi) is 11.6. The molecule has 47 heavy (non-hydrogen) atoms. The summed E-state index contributed by atoms with van der Waals surface area (Å²) in [5.41, 5.74) is -2.55. The summed E-state index contributed by atoms with van der Waals surface area (Å²) < 4.78 is 95.2. The van der Waals surface area contributed by atoms with E-state index in [2.05, 4.69) is 5.10 Å². The zero-order valence-corrected chi connectivity index (χ0v) is 26.4. The van der Waals surface area contributed by atoms with Gasteiger partial charge in [-0.2, -0.15) is 31.4 Å². The van der Waals surface area contributed by atoms with Crippen molar-refractivity contribution in [2.75, 3.05) is 12.4 Å². The molecule has 0 aliphatic carbocycles. The van der Waals surface area contributed by atoms with Crippen LogP contribution in [0.1, 0.15) is 16.8 Å². The molecule has 1 unspecified atom stereocenters. The summed E-state index contributed by atoms with van der Waals surface area (Å²) in [7, 11) is 1.22. The van der Waals surface area contributed by atoms with Gasteiger partial charge in [0.25, 0.3) is 0 Å². The lowest BCUT2D eigenvalue weighted by Gasteiger charge is -2.20. The van der Waals surface area contributed by atoms with Gasteiger partial charge < -0.3 is 19.7 Å². The largest absolute Gasteiger partial charge is 0.488 e. The number of rotatable bonds is 11. The minimum atomic E-state index is -4.89. The van der Waals surface area contributed by atoms with Gasteiger partial charge in [0.05, 0.1) is 34.6 Å². The van der Waals surface area contributed by atoms with E-state index in [1.165, 1.54) is 30.7 Å². The number of nitrogens with zero attached hydrogens (tertiary/aromatic N) is 2. The molecule has 0 fully saturated rings. The highest BCUT2D eigenvalue weighted by molar-refractivity contribution is 8.02. The van der Waals surface area contributed by atoms with Crippen molar-refractivity contribution in [1.82, 2.24) is 9.78 Å². The summed E-state index contributed by atoms with van der Waals surface area (Å²) in [6.07, 6.45) is -9.87. The predicted molar refractivity (Wildman–Crippen MR) is 165 cm³/mol. The molecule has 4 aromatic rings. The summed E-state index contributed by atoms with van der Waals surface area (Å²) in [5.74, 6) is -1.55. The fourth-order valence-electron chi connectivity index (χ4n) is 4.22. The third-order valence-corrected chi connectivity index (χ3v) is 7.92. The van der Waals surface area contributed by atoms with E-state index in [1.807, 2.05) is 0 Å². The monoisotopic (exact) mass is 720 g/mol. The van der Waals surface area contributed by atoms with Crippen LogP contribution >= 0.6 is 35.0 Å². The molecule has 1 atom stereocenters. The van der Waals surface area contributed by atoms with Crippen molar-refractivity contribution in [1.29, 1.82) is 0 Å². The van der Waals surface area contributed by atoms with Crippen LogP contribution in [-0.4, -0.2) is 44.4 Å². The SMILES string of the molecule is Cn1nc(C(F)(F)F)cc1-c1ccc(OCc2ccc(Cl)cc2)c(-c2ccc(Cl)c(C(F)(F)F)c2)c1OC(=O)/C=C/SCC(O)CO. The van der Waals surface area contributed by atoms with E-state index in [4.69, 9.17) is 37.8 Å². The Labute approximate surface area is 278 Å². The lowest BCUT2D eigenvalue weighted by molar-refractivity contribution is -0.141. The van der Waals surface area contributed by atoms with Crippen molar-refractivity contribution in [3.8, 4) is 33.9 Å². The quantitative estimate of drug-likeness (QED) is 0.0699. The van der Waals surface area contributed by atoms with E-state index in [0.717, 1.165) is 28.6 Å². The highest BCUT2D eigenvalue weighted by Gasteiger charge is 2.36. The highest BCUT2D eigenvalue weighted by Crippen LogP contribution is 2.48. The molecule has 1 heterocycles. The van der Waals surface area contributed by atoms with Crippen molar-refractivity contribution in [3.63, 3.8) is 0 Å². The Hall–Kier alpha value is -3.69. The van der Waals surface area contributed by atoms with Gasteiger partial charge in [-0.3, -0.25) is 4.68 Å². The molecule has 0 bridgehead atoms. The minimum absolute atomic E-state index is 0.0189. The number of ether oxygens (including phenoxy) is 2. The summed E-state index contributed by atoms with van der Waals surface area (Å²) in [6.45, 7) is -0.642. The molecule has 4 rings (SSSR count). The number of benzene rings is 3. The van der Waals surface area contributed by atoms with Crippen molar-refractivity contribution < 1.29 is 50.8 Å². The van der Waals surface area contributed by atoms with Crippen LogP contribution in [0, 0.1) is 0 Å². The second-order valence-corrected chi connectivity index (χ2v) is 11.6. The molecule has 250 valence electrons. The first kappa shape index (κ1) is 36.2. The number of carbonyl (C=O) groups is 1. The Morgan fingerprint density at radius 3 is 2.34 bits per heavy atom. The maximum absolute atomic E-state index is 13.9. The number of aromatic nitrogens is 2. The molecule has 0 saturated carbocycles. The van der Waals surface area contributed by atoms with Crippen molar-refractivity contribution in [2.24, 2.45) is 7.05 Å². The number of hydrogen-bond donors (Lipinski definition) is 2. The van der Waals surface area contributed by atoms with Crippen LogP contribution < -0.4 is 9.47 Å². The van der Waals surface area contributed by atoms with Gasteiger partial charge in [0.15, 0.2) is 11.4 Å². The smallest absolute Gasteiger partial charge is 0.435 e. The third kappa shape index (κ3) is 9.23. The first-order valence-electron chi connectivity index (χ1n) is 13.4. The summed E-state index contributed by atoms with van der Waals surface area (Å²) in [6, 6.07) is 12.7. The third-order valence-electron chi connectivity index (χ3n) is 6.44. The number of esters is 1. The minimum Gasteiger partial charge on any atom is -0.488 e. The molecule has 3 aromatic carbocycles. The number of thioether (sulfide) groups is 1. The standard InChI is InChI=1S/C31H24Cl2F6N2O5S/c1-41-24(13-26(40-41)31(37,38)39)21-7-9-25(45-15-17-2-5-19(32)6-3-17)28(18-4-8-23(33)22(12-18)30(34,35)36)29(21)46-27(44)10-11-47-16-20(43)14-42/h2-13,20,42-43H,14-16H2,1H3/b11-10+. The zero-order valence-electron chi connectivity index (χ0n) is 24.1. The molecular formula is C31H24Cl2F6N2O5S. The average molecular weight is 722 g/mol. The molecule has 0 radical (unpaired) electrons. The van der Waals surface area contributed by atoms with Crippen LogP contribution in [0.25, 0.3) is 22.4 Å². The van der Waals surface area contributed by atoms with Crippen LogP contribution in [0.3, 0.4) is 0 Å². The van der Waals surface area contributed by atoms with E-state index in [0.29, 0.717) is 22.7 Å². The molecule has 1 aromatic heterocycles. The van der Waals surface area contributed by atoms with Crippen LogP contribution in [0.4, 0.5) is 26.3 Å². The van der Waals surface area contributed by atoms with Crippen LogP contribution in [0.2, 0.25) is 10.0 Å². The molecule has 2 N–H and O–H groups in total. The highest BCUT2D eigenvalue weighted by atomic mass is 35.5. The normalized spacial score (nSPS) is 12.8. The van der Waals surface area contributed by atoms with Crippen molar-refractivity contribution in [3.05, 3.63) is 99.0 Å². The summed E-state index contributed by atoms with van der Waals surface area (Å²) in [4.78, 5) is 13.1. The van der Waals surface area contributed by atoms with Crippen LogP contribution in [-0.2, 0) is 30.8 Å². The van der Waals surface area contributed by atoms with E-state index in [-0.39, 0.29) is 40.5 Å². The molecule has 0 aliphatic heterocycles. The lowest BCUT2D eigenvalue weighted by Crippen LogP contribution is -2.14. The predicted octanol–water partition coefficient (Wildman–Crippen LogP) is 8.18. The Bertz CT molecular complexity index is 1760. The Morgan fingerprint density at radius 2 is 1.72 bits per heavy atom. The summed E-state index contributed by atoms with van der Waals surface area (Å²) in [5, 5.41) is 23.1. The number of aliphatic hydroxyl groups is 2. The summed E-state index contributed by atoms with van der Waals surface area (Å²) >= 11 is 12.8. The number of carbonyl (C=O) groups excluding carboxylic acids is 1. The second-order valence-electron chi connectivity index (χ2n) is 9.85. The van der Waals surface area contributed by atoms with Crippen molar-refractivity contribution in [2.45, 2.75) is 25.1 Å². The van der Waals surface area contributed by atoms with E-state index >= 15 is 0 Å². The molecule has 0 aliphatic rings. The number of hydrogen-bond acceptors (Lipinski definition) is 7.